The van der Waals surface area contributed by atoms with Crippen LogP contribution in [0.2, 0.25) is 0 Å². The van der Waals surface area contributed by atoms with Crippen LogP contribution in [0.5, 0.6) is 0 Å². The molecule has 1 aliphatic rings. The lowest BCUT2D eigenvalue weighted by Crippen LogP contribution is -2.51. The second kappa shape index (κ2) is 8.45. The van der Waals surface area contributed by atoms with E-state index in [4.69, 9.17) is 5.73 Å². The molecule has 0 aromatic heterocycles. The zero-order chi connectivity index (χ0) is 15.4. The summed E-state index contributed by atoms with van der Waals surface area (Å²) in [4.78, 5) is 18.3. The van der Waals surface area contributed by atoms with Crippen LogP contribution in [-0.4, -0.2) is 53.4 Å². The summed E-state index contributed by atoms with van der Waals surface area (Å²) >= 11 is 1.99. The van der Waals surface area contributed by atoms with Gasteiger partial charge in [-0.25, -0.2) is 0 Å². The normalized spacial score (nSPS) is 18.9. The van der Waals surface area contributed by atoms with Crippen molar-refractivity contribution in [2.24, 2.45) is 16.1 Å². The van der Waals surface area contributed by atoms with E-state index in [1.807, 2.05) is 25.6 Å². The molecule has 124 valence electrons. The van der Waals surface area contributed by atoms with E-state index in [2.05, 4.69) is 36.0 Å². The fourth-order valence-corrected chi connectivity index (χ4v) is 3.08. The zero-order valence-electron chi connectivity index (χ0n) is 13.7. The molecule has 0 radical (unpaired) electrons. The van der Waals surface area contributed by atoms with Crippen molar-refractivity contribution in [3.05, 3.63) is 0 Å². The van der Waals surface area contributed by atoms with Crippen molar-refractivity contribution in [3.63, 3.8) is 0 Å². The number of halogens is 1. The number of rotatable bonds is 4. The van der Waals surface area contributed by atoms with Crippen molar-refractivity contribution < 1.29 is 4.79 Å². The van der Waals surface area contributed by atoms with Crippen LogP contribution in [-0.2, 0) is 4.79 Å². The fraction of sp³-hybridized carbons (Fsp3) is 0.857. The minimum Gasteiger partial charge on any atom is -0.369 e. The van der Waals surface area contributed by atoms with E-state index in [-0.39, 0.29) is 34.6 Å². The molecular weight excluding hydrogens is 399 g/mol. The average Bonchev–Trinajstić information content (AvgIpc) is 2.33. The van der Waals surface area contributed by atoms with Crippen molar-refractivity contribution in [1.29, 1.82) is 0 Å². The van der Waals surface area contributed by atoms with Crippen molar-refractivity contribution in [2.45, 2.75) is 39.4 Å². The summed E-state index contributed by atoms with van der Waals surface area (Å²) in [5, 5.41) is 3.32. The van der Waals surface area contributed by atoms with Crippen molar-refractivity contribution >= 4 is 47.6 Å². The molecule has 1 amide bonds. The number of carbonyl (C=O) groups is 1. The lowest BCUT2D eigenvalue weighted by molar-refractivity contribution is -0.125. The summed E-state index contributed by atoms with van der Waals surface area (Å²) in [6, 6.07) is 0. The van der Waals surface area contributed by atoms with Crippen LogP contribution < -0.4 is 11.1 Å². The van der Waals surface area contributed by atoms with Gasteiger partial charge in [0.15, 0.2) is 5.96 Å². The maximum Gasteiger partial charge on any atom is 0.224 e. The maximum absolute atomic E-state index is 11.4. The van der Waals surface area contributed by atoms with Gasteiger partial charge in [0.25, 0.3) is 0 Å². The maximum atomic E-state index is 11.4. The van der Waals surface area contributed by atoms with Crippen LogP contribution in [0.3, 0.4) is 0 Å². The topological polar surface area (TPSA) is 70.7 Å². The molecule has 1 fully saturated rings. The molecule has 0 aromatic carbocycles. The monoisotopic (exact) mass is 428 g/mol. The Kier molecular flexibility index (Phi) is 8.38. The van der Waals surface area contributed by atoms with Gasteiger partial charge >= 0.3 is 0 Å². The fourth-order valence-electron chi connectivity index (χ4n) is 1.97. The highest BCUT2D eigenvalue weighted by Gasteiger charge is 2.30. The number of primary amides is 1. The lowest BCUT2D eigenvalue weighted by atomic mass is 9.93. The summed E-state index contributed by atoms with van der Waals surface area (Å²) < 4.78 is 0.230. The van der Waals surface area contributed by atoms with Crippen LogP contribution in [0.1, 0.15) is 34.6 Å². The molecule has 1 heterocycles. The van der Waals surface area contributed by atoms with Crippen molar-refractivity contribution in [3.8, 4) is 0 Å². The molecule has 0 bridgehead atoms. The van der Waals surface area contributed by atoms with Gasteiger partial charge < -0.3 is 16.0 Å². The second-order valence-electron chi connectivity index (χ2n) is 6.45. The first-order valence-electron chi connectivity index (χ1n) is 7.15. The molecule has 3 N–H and O–H groups in total. The number of guanidine groups is 1. The number of nitrogens with one attached hydrogen (secondary N) is 1. The molecule has 0 atom stereocenters. The van der Waals surface area contributed by atoms with E-state index in [0.29, 0.717) is 6.54 Å². The smallest absolute Gasteiger partial charge is 0.224 e. The first-order valence-corrected chi connectivity index (χ1v) is 8.13. The molecule has 1 saturated heterocycles. The first kappa shape index (κ1) is 20.8. The van der Waals surface area contributed by atoms with Gasteiger partial charge in [-0.15, -0.1) is 24.0 Å². The number of nitrogens with zero attached hydrogens (tertiary/aromatic N) is 2. The van der Waals surface area contributed by atoms with Gasteiger partial charge in [-0.3, -0.25) is 9.79 Å². The number of hydrogen-bond acceptors (Lipinski definition) is 3. The Balaban J connectivity index is 0.00000400. The van der Waals surface area contributed by atoms with Crippen LogP contribution in [0.15, 0.2) is 4.99 Å². The van der Waals surface area contributed by atoms with Gasteiger partial charge in [0, 0.05) is 30.1 Å². The molecule has 21 heavy (non-hydrogen) atoms. The molecule has 0 aliphatic carbocycles. The summed E-state index contributed by atoms with van der Waals surface area (Å²) in [5.41, 5.74) is 4.80. The number of nitrogens with two attached hydrogens (primary N) is 1. The quantitative estimate of drug-likeness (QED) is 0.408. The van der Waals surface area contributed by atoms with E-state index in [1.54, 1.807) is 0 Å². The standard InChI is InChI=1S/C14H28N4OS.HI/c1-6-16-12(17-9-13(2,3)11(15)19)18-7-8-20-14(4,5)10-18;/h6-10H2,1-5H3,(H2,15,19)(H,16,17);1H. The van der Waals surface area contributed by atoms with Crippen LogP contribution in [0, 0.1) is 5.41 Å². The highest BCUT2D eigenvalue weighted by molar-refractivity contribution is 14.0. The van der Waals surface area contributed by atoms with Crippen LogP contribution in [0.25, 0.3) is 0 Å². The summed E-state index contributed by atoms with van der Waals surface area (Å²) in [5.74, 6) is 1.67. The SMILES string of the molecule is CCNC(=NCC(C)(C)C(N)=O)N1CCSC(C)(C)C1.I. The van der Waals surface area contributed by atoms with Gasteiger partial charge in [0.2, 0.25) is 5.91 Å². The second-order valence-corrected chi connectivity index (χ2v) is 8.25. The molecule has 0 aromatic rings. The predicted octanol–water partition coefficient (Wildman–Crippen LogP) is 1.91. The van der Waals surface area contributed by atoms with E-state index < -0.39 is 5.41 Å². The molecule has 0 spiro atoms. The molecule has 1 aliphatic heterocycles. The van der Waals surface area contributed by atoms with E-state index in [9.17, 15) is 4.79 Å². The van der Waals surface area contributed by atoms with Crippen LogP contribution in [0.4, 0.5) is 0 Å². The molecule has 5 nitrogen and oxygen atoms in total. The highest BCUT2D eigenvalue weighted by Crippen LogP contribution is 2.29. The Labute approximate surface area is 149 Å². The van der Waals surface area contributed by atoms with Gasteiger partial charge in [-0.2, -0.15) is 11.8 Å². The number of carbonyl (C=O) groups excluding carboxylic acids is 1. The molecule has 0 unspecified atom stereocenters. The van der Waals surface area contributed by atoms with Crippen molar-refractivity contribution in [2.75, 3.05) is 31.9 Å². The van der Waals surface area contributed by atoms with Gasteiger partial charge in [-0.1, -0.05) is 0 Å². The average molecular weight is 428 g/mol. The zero-order valence-corrected chi connectivity index (χ0v) is 16.9. The van der Waals surface area contributed by atoms with E-state index >= 15 is 0 Å². The number of aliphatic imine (C=N–C) groups is 1. The Bertz CT molecular complexity index is 385. The molecule has 0 saturated carbocycles. The summed E-state index contributed by atoms with van der Waals surface area (Å²) in [7, 11) is 0. The Hall–Kier alpha value is -0.180. The van der Waals surface area contributed by atoms with Crippen LogP contribution >= 0.6 is 35.7 Å². The van der Waals surface area contributed by atoms with Gasteiger partial charge in [0.05, 0.1) is 12.0 Å². The Morgan fingerprint density at radius 2 is 2.10 bits per heavy atom. The third-order valence-electron chi connectivity index (χ3n) is 3.35. The predicted molar refractivity (Wildman–Crippen MR) is 102 cm³/mol. The highest BCUT2D eigenvalue weighted by atomic mass is 127. The third-order valence-corrected chi connectivity index (χ3v) is 4.65. The van der Waals surface area contributed by atoms with Gasteiger partial charge in [-0.05, 0) is 34.6 Å². The number of amides is 1. The summed E-state index contributed by atoms with van der Waals surface area (Å²) in [6.45, 7) is 13.4. The summed E-state index contributed by atoms with van der Waals surface area (Å²) in [6.07, 6.45) is 0. The van der Waals surface area contributed by atoms with Gasteiger partial charge in [0.1, 0.15) is 0 Å². The largest absolute Gasteiger partial charge is 0.369 e. The minimum atomic E-state index is -0.610. The van der Waals surface area contributed by atoms with E-state index in [0.717, 1.165) is 31.3 Å². The van der Waals surface area contributed by atoms with E-state index in [1.165, 1.54) is 0 Å². The number of hydrogen-bond donors (Lipinski definition) is 2. The Morgan fingerprint density at radius 1 is 1.48 bits per heavy atom. The molecule has 1 rings (SSSR count). The first-order chi connectivity index (χ1) is 9.18. The minimum absolute atomic E-state index is 0. The Morgan fingerprint density at radius 3 is 2.57 bits per heavy atom. The number of thioether (sulfide) groups is 1. The molecular formula is C14H29IN4OS. The van der Waals surface area contributed by atoms with Crippen molar-refractivity contribution in [1.82, 2.24) is 10.2 Å². The third kappa shape index (κ3) is 6.63. The molecule has 7 heteroatoms. The lowest BCUT2D eigenvalue weighted by Gasteiger charge is -2.39.